The fraction of sp³-hybridized carbons (Fsp3) is 0.0909. The van der Waals surface area contributed by atoms with Gasteiger partial charge in [-0.25, -0.2) is 4.68 Å². The van der Waals surface area contributed by atoms with E-state index in [1.165, 1.54) is 23.5 Å². The number of nitrogens with one attached hydrogen (secondary N) is 1. The highest BCUT2D eigenvalue weighted by atomic mass is 32.1. The standard InChI is InChI=1S/C22H18F2N4OS/c1-2-11-25-22-28(27-13-16-12-26-19-6-4-3-5-18(16)19)20(14-30-22)15-7-9-17(10-8-15)29-21(23)24/h2-10,12-14,21,26H,1,11H2/b25-22?,27-13+. The monoisotopic (exact) mass is 424 g/mol. The van der Waals surface area contributed by atoms with E-state index in [1.807, 2.05) is 35.8 Å². The Labute approximate surface area is 175 Å². The van der Waals surface area contributed by atoms with Crippen LogP contribution in [0.5, 0.6) is 5.75 Å². The number of aromatic amines is 1. The largest absolute Gasteiger partial charge is 0.435 e. The smallest absolute Gasteiger partial charge is 0.387 e. The Kier molecular flexibility index (Phi) is 5.85. The molecule has 4 rings (SSSR count). The Morgan fingerprint density at radius 2 is 1.97 bits per heavy atom. The van der Waals surface area contributed by atoms with Crippen molar-refractivity contribution in [1.82, 2.24) is 9.66 Å². The molecule has 30 heavy (non-hydrogen) atoms. The molecule has 2 heterocycles. The van der Waals surface area contributed by atoms with Crippen molar-refractivity contribution >= 4 is 28.5 Å². The van der Waals surface area contributed by atoms with Gasteiger partial charge in [0.25, 0.3) is 0 Å². The molecule has 0 saturated carbocycles. The van der Waals surface area contributed by atoms with Crippen LogP contribution in [-0.2, 0) is 0 Å². The van der Waals surface area contributed by atoms with Crippen LogP contribution in [0.15, 0.2) is 82.9 Å². The third-order valence-corrected chi connectivity index (χ3v) is 5.20. The van der Waals surface area contributed by atoms with Crippen LogP contribution >= 0.6 is 11.3 Å². The first-order valence-corrected chi connectivity index (χ1v) is 10.0. The zero-order valence-electron chi connectivity index (χ0n) is 15.8. The van der Waals surface area contributed by atoms with E-state index in [-0.39, 0.29) is 5.75 Å². The van der Waals surface area contributed by atoms with Crippen LogP contribution in [-0.4, -0.2) is 29.0 Å². The molecular weight excluding hydrogens is 406 g/mol. The van der Waals surface area contributed by atoms with Crippen molar-refractivity contribution < 1.29 is 13.5 Å². The SMILES string of the molecule is C=CCN=c1scc(-c2ccc(OC(F)F)cc2)n1/N=C/c1c[nH]c2ccccc12. The highest BCUT2D eigenvalue weighted by Gasteiger charge is 2.10. The summed E-state index contributed by atoms with van der Waals surface area (Å²) in [6.45, 7) is 1.32. The number of aromatic nitrogens is 2. The first-order valence-electron chi connectivity index (χ1n) is 9.13. The van der Waals surface area contributed by atoms with E-state index in [0.717, 1.165) is 27.7 Å². The van der Waals surface area contributed by atoms with Gasteiger partial charge in [-0.3, -0.25) is 4.99 Å². The molecule has 0 aliphatic rings. The molecule has 2 aromatic heterocycles. The van der Waals surface area contributed by atoms with Crippen molar-refractivity contribution in [3.63, 3.8) is 0 Å². The molecule has 0 atom stereocenters. The number of H-pyrrole nitrogens is 1. The molecule has 0 spiro atoms. The molecular formula is C22H18F2N4OS. The number of halogens is 2. The summed E-state index contributed by atoms with van der Waals surface area (Å²) in [7, 11) is 0. The van der Waals surface area contributed by atoms with Gasteiger partial charge >= 0.3 is 6.61 Å². The zero-order valence-corrected chi connectivity index (χ0v) is 16.7. The third kappa shape index (κ3) is 4.23. The van der Waals surface area contributed by atoms with Gasteiger partial charge in [0, 0.05) is 33.6 Å². The number of hydrogen-bond acceptors (Lipinski definition) is 4. The first kappa shape index (κ1) is 19.8. The molecule has 1 N–H and O–H groups in total. The number of hydrogen-bond donors (Lipinski definition) is 1. The predicted octanol–water partition coefficient (Wildman–Crippen LogP) is 5.27. The van der Waals surface area contributed by atoms with E-state index in [9.17, 15) is 8.78 Å². The van der Waals surface area contributed by atoms with Crippen molar-refractivity contribution in [3.05, 3.63) is 83.1 Å². The van der Waals surface area contributed by atoms with Gasteiger partial charge in [0.15, 0.2) is 0 Å². The van der Waals surface area contributed by atoms with E-state index in [4.69, 9.17) is 0 Å². The van der Waals surface area contributed by atoms with Crippen molar-refractivity contribution in [3.8, 4) is 17.0 Å². The lowest BCUT2D eigenvalue weighted by molar-refractivity contribution is -0.0498. The second kappa shape index (κ2) is 8.87. The first-order chi connectivity index (χ1) is 14.7. The summed E-state index contributed by atoms with van der Waals surface area (Å²) in [5.41, 5.74) is 3.58. The maximum atomic E-state index is 12.4. The number of alkyl halides is 2. The van der Waals surface area contributed by atoms with Gasteiger partial charge in [0.2, 0.25) is 4.80 Å². The second-order valence-corrected chi connectivity index (χ2v) is 7.12. The van der Waals surface area contributed by atoms with Crippen LogP contribution in [0.4, 0.5) is 8.78 Å². The average molecular weight is 424 g/mol. The summed E-state index contributed by atoms with van der Waals surface area (Å²) in [6.07, 6.45) is 5.39. The van der Waals surface area contributed by atoms with Crippen molar-refractivity contribution in [2.24, 2.45) is 10.1 Å². The zero-order chi connectivity index (χ0) is 20.9. The molecule has 0 aliphatic carbocycles. The van der Waals surface area contributed by atoms with Gasteiger partial charge in [-0.05, 0) is 30.3 Å². The fourth-order valence-corrected chi connectivity index (χ4v) is 3.84. The van der Waals surface area contributed by atoms with Gasteiger partial charge in [0.1, 0.15) is 5.75 Å². The Morgan fingerprint density at radius 3 is 2.73 bits per heavy atom. The number of nitrogens with zero attached hydrogens (tertiary/aromatic N) is 3. The van der Waals surface area contributed by atoms with E-state index in [2.05, 4.69) is 26.4 Å². The summed E-state index contributed by atoms with van der Waals surface area (Å²) in [5, 5.41) is 7.66. The van der Waals surface area contributed by atoms with Crippen LogP contribution in [0.1, 0.15) is 5.56 Å². The summed E-state index contributed by atoms with van der Waals surface area (Å²) in [4.78, 5) is 8.44. The number of thiazole rings is 1. The van der Waals surface area contributed by atoms with Gasteiger partial charge < -0.3 is 9.72 Å². The number of para-hydroxylation sites is 1. The van der Waals surface area contributed by atoms with Crippen LogP contribution in [0, 0.1) is 0 Å². The molecule has 0 amide bonds. The Bertz CT molecular complexity index is 1250. The molecule has 4 aromatic rings. The minimum absolute atomic E-state index is 0.106. The van der Waals surface area contributed by atoms with Crippen molar-refractivity contribution in [2.75, 3.05) is 6.54 Å². The van der Waals surface area contributed by atoms with E-state index in [1.54, 1.807) is 29.1 Å². The van der Waals surface area contributed by atoms with E-state index >= 15 is 0 Å². The molecule has 0 radical (unpaired) electrons. The van der Waals surface area contributed by atoms with E-state index in [0.29, 0.717) is 11.3 Å². The summed E-state index contributed by atoms with van der Waals surface area (Å²) in [6, 6.07) is 14.4. The number of ether oxygens (including phenoxy) is 1. The summed E-state index contributed by atoms with van der Waals surface area (Å²) >= 11 is 1.44. The Balaban J connectivity index is 1.74. The average Bonchev–Trinajstić information content (AvgIpc) is 3.34. The second-order valence-electron chi connectivity index (χ2n) is 6.28. The topological polar surface area (TPSA) is 54.7 Å². The molecule has 0 aliphatic heterocycles. The Hall–Kier alpha value is -3.52. The molecule has 0 fully saturated rings. The van der Waals surface area contributed by atoms with Crippen LogP contribution < -0.4 is 9.54 Å². The molecule has 0 saturated heterocycles. The molecule has 5 nitrogen and oxygen atoms in total. The summed E-state index contributed by atoms with van der Waals surface area (Å²) < 4.78 is 31.0. The molecule has 0 bridgehead atoms. The number of benzene rings is 2. The maximum absolute atomic E-state index is 12.4. The van der Waals surface area contributed by atoms with Gasteiger partial charge in [-0.2, -0.15) is 13.9 Å². The summed E-state index contributed by atoms with van der Waals surface area (Å²) in [5.74, 6) is 0.106. The molecule has 0 unspecified atom stereocenters. The van der Waals surface area contributed by atoms with Crippen molar-refractivity contribution in [1.29, 1.82) is 0 Å². The predicted molar refractivity (Wildman–Crippen MR) is 116 cm³/mol. The van der Waals surface area contributed by atoms with Gasteiger partial charge in [-0.1, -0.05) is 24.3 Å². The van der Waals surface area contributed by atoms with Crippen LogP contribution in [0.25, 0.3) is 22.2 Å². The van der Waals surface area contributed by atoms with E-state index < -0.39 is 6.61 Å². The lowest BCUT2D eigenvalue weighted by atomic mass is 10.2. The number of fused-ring (bicyclic) bond motifs is 1. The lowest BCUT2D eigenvalue weighted by Crippen LogP contribution is -2.12. The highest BCUT2D eigenvalue weighted by Crippen LogP contribution is 2.24. The highest BCUT2D eigenvalue weighted by molar-refractivity contribution is 7.07. The number of rotatable bonds is 7. The fourth-order valence-electron chi connectivity index (χ4n) is 2.99. The van der Waals surface area contributed by atoms with Crippen molar-refractivity contribution in [2.45, 2.75) is 6.61 Å². The minimum atomic E-state index is -2.85. The molecule has 152 valence electrons. The molecule has 2 aromatic carbocycles. The molecule has 8 heteroatoms. The Morgan fingerprint density at radius 1 is 1.17 bits per heavy atom. The van der Waals surface area contributed by atoms with Gasteiger partial charge in [-0.15, -0.1) is 17.9 Å². The normalized spacial score (nSPS) is 12.3. The third-order valence-electron chi connectivity index (χ3n) is 4.35. The quantitative estimate of drug-likeness (QED) is 0.319. The maximum Gasteiger partial charge on any atom is 0.387 e. The van der Waals surface area contributed by atoms with Gasteiger partial charge in [0.05, 0.1) is 18.5 Å². The van der Waals surface area contributed by atoms with Crippen LogP contribution in [0.2, 0.25) is 0 Å². The van der Waals surface area contributed by atoms with Crippen LogP contribution in [0.3, 0.4) is 0 Å². The lowest BCUT2D eigenvalue weighted by Gasteiger charge is -2.06. The minimum Gasteiger partial charge on any atom is -0.435 e.